The Hall–Kier alpha value is -3.89. The van der Waals surface area contributed by atoms with Crippen molar-refractivity contribution in [3.05, 3.63) is 119 Å². The second-order valence-electron chi connectivity index (χ2n) is 7.21. The Morgan fingerprint density at radius 2 is 1.69 bits per heavy atom. The molecule has 0 aliphatic carbocycles. The van der Waals surface area contributed by atoms with Gasteiger partial charge in [-0.25, -0.2) is 4.98 Å². The number of aromatic nitrogens is 1. The number of fused-ring (bicyclic) bond motifs is 1. The minimum Gasteiger partial charge on any atom is -0.487 e. The van der Waals surface area contributed by atoms with E-state index >= 15 is 0 Å². The van der Waals surface area contributed by atoms with Crippen molar-refractivity contribution in [2.24, 2.45) is 5.73 Å². The molecule has 4 rings (SSSR count). The molecule has 0 amide bonds. The van der Waals surface area contributed by atoms with Crippen LogP contribution in [0, 0.1) is 5.41 Å². The predicted molar refractivity (Wildman–Crippen MR) is 133 cm³/mol. The molecule has 0 unspecified atom stereocenters. The van der Waals surface area contributed by atoms with Gasteiger partial charge in [0.25, 0.3) is 0 Å². The summed E-state index contributed by atoms with van der Waals surface area (Å²) in [6.07, 6.45) is 4.72. The van der Waals surface area contributed by atoms with Crippen LogP contribution in [0.1, 0.15) is 16.8 Å². The average molecular weight is 440 g/mol. The van der Waals surface area contributed by atoms with Crippen LogP contribution >= 0.6 is 11.6 Å². The fraction of sp³-hybridized carbons (Fsp3) is 0.0370. The summed E-state index contributed by atoms with van der Waals surface area (Å²) in [5, 5.41) is 9.15. The number of para-hydroxylation sites is 1. The van der Waals surface area contributed by atoms with Gasteiger partial charge in [0, 0.05) is 27.9 Å². The first-order chi connectivity index (χ1) is 15.6. The average Bonchev–Trinajstić information content (AvgIpc) is 2.83. The fourth-order valence-corrected chi connectivity index (χ4v) is 3.44. The van der Waals surface area contributed by atoms with Crippen molar-refractivity contribution in [1.82, 2.24) is 4.98 Å². The highest BCUT2D eigenvalue weighted by Crippen LogP contribution is 2.26. The lowest BCUT2D eigenvalue weighted by molar-refractivity contribution is 0.302. The highest BCUT2D eigenvalue weighted by Gasteiger charge is 2.07. The molecule has 5 heteroatoms. The van der Waals surface area contributed by atoms with Gasteiger partial charge in [0.05, 0.1) is 11.2 Å². The van der Waals surface area contributed by atoms with E-state index in [1.807, 2.05) is 84.9 Å². The lowest BCUT2D eigenvalue weighted by Gasteiger charge is -2.11. The zero-order valence-corrected chi connectivity index (χ0v) is 18.1. The van der Waals surface area contributed by atoms with Gasteiger partial charge in [-0.2, -0.15) is 0 Å². The summed E-state index contributed by atoms with van der Waals surface area (Å²) < 4.78 is 5.94. The smallest absolute Gasteiger partial charge is 0.130 e. The number of allylic oxidation sites excluding steroid dienone is 2. The van der Waals surface area contributed by atoms with Gasteiger partial charge in [-0.15, -0.1) is 0 Å². The highest BCUT2D eigenvalue weighted by atomic mass is 35.5. The number of benzene rings is 3. The first-order valence-corrected chi connectivity index (χ1v) is 10.5. The van der Waals surface area contributed by atoms with Gasteiger partial charge < -0.3 is 15.9 Å². The molecule has 4 aromatic rings. The zero-order valence-electron chi connectivity index (χ0n) is 17.3. The maximum absolute atomic E-state index is 7.37. The van der Waals surface area contributed by atoms with Crippen LogP contribution < -0.4 is 10.5 Å². The molecule has 0 radical (unpaired) electrons. The van der Waals surface area contributed by atoms with E-state index in [9.17, 15) is 0 Å². The van der Waals surface area contributed by atoms with Crippen LogP contribution in [0.15, 0.2) is 96.7 Å². The number of hydrogen-bond acceptors (Lipinski definition) is 4. The zero-order chi connectivity index (χ0) is 22.3. The van der Waals surface area contributed by atoms with Gasteiger partial charge in [0.15, 0.2) is 0 Å². The molecule has 0 spiro atoms. The molecule has 158 valence electrons. The monoisotopic (exact) mass is 439 g/mol. The Bertz CT molecular complexity index is 1290. The number of nitrogens with zero attached hydrogens (tertiary/aromatic N) is 1. The van der Waals surface area contributed by atoms with Crippen molar-refractivity contribution in [2.45, 2.75) is 6.61 Å². The fourth-order valence-electron chi connectivity index (χ4n) is 3.32. The number of rotatable bonds is 7. The summed E-state index contributed by atoms with van der Waals surface area (Å²) in [5.41, 5.74) is 11.3. The van der Waals surface area contributed by atoms with Crippen LogP contribution in [0.5, 0.6) is 5.75 Å². The number of ether oxygens (including phenoxy) is 1. The molecule has 0 atom stereocenters. The van der Waals surface area contributed by atoms with E-state index in [1.165, 1.54) is 6.21 Å². The van der Waals surface area contributed by atoms with Crippen molar-refractivity contribution in [3.63, 3.8) is 0 Å². The van der Waals surface area contributed by atoms with Crippen LogP contribution in [0.3, 0.4) is 0 Å². The molecular weight excluding hydrogens is 418 g/mol. The van der Waals surface area contributed by atoms with Crippen LogP contribution in [-0.4, -0.2) is 11.2 Å². The summed E-state index contributed by atoms with van der Waals surface area (Å²) >= 11 is 5.99. The molecule has 1 aromatic heterocycles. The number of halogens is 1. The van der Waals surface area contributed by atoms with Gasteiger partial charge in [-0.3, -0.25) is 0 Å². The van der Waals surface area contributed by atoms with E-state index in [2.05, 4.69) is 11.1 Å². The van der Waals surface area contributed by atoms with Crippen LogP contribution in [0.25, 0.3) is 22.6 Å². The van der Waals surface area contributed by atoms with E-state index < -0.39 is 0 Å². The molecule has 0 bridgehead atoms. The van der Waals surface area contributed by atoms with Crippen molar-refractivity contribution < 1.29 is 4.74 Å². The van der Waals surface area contributed by atoms with Gasteiger partial charge in [0.2, 0.25) is 0 Å². The second-order valence-corrected chi connectivity index (χ2v) is 7.64. The van der Waals surface area contributed by atoms with Crippen LogP contribution in [0.2, 0.25) is 5.02 Å². The van der Waals surface area contributed by atoms with Crippen molar-refractivity contribution >= 4 is 40.4 Å². The summed E-state index contributed by atoms with van der Waals surface area (Å²) in [5.74, 6) is 0.740. The first-order valence-electron chi connectivity index (χ1n) is 10.1. The Morgan fingerprint density at radius 3 is 2.44 bits per heavy atom. The van der Waals surface area contributed by atoms with Gasteiger partial charge in [-0.1, -0.05) is 60.1 Å². The molecule has 4 nitrogen and oxygen atoms in total. The molecule has 3 aromatic carbocycles. The molecule has 0 aliphatic heterocycles. The minimum atomic E-state index is 0.382. The number of pyridine rings is 1. The topological polar surface area (TPSA) is 72.0 Å². The molecule has 0 saturated heterocycles. The number of nitrogens with two attached hydrogens (primary N) is 1. The Balaban J connectivity index is 1.53. The standard InChI is InChI=1S/C27H22ClN3O/c28-22-10-5-19(6-11-22)17-25(26(30)15-16-29)20-8-13-24(14-9-20)32-18-23-12-7-21-3-1-2-4-27(21)31-23/h1-17,29H,18,30H2. The normalized spacial score (nSPS) is 12.0. The van der Waals surface area contributed by atoms with Crippen molar-refractivity contribution in [2.75, 3.05) is 0 Å². The predicted octanol–water partition coefficient (Wildman–Crippen LogP) is 6.50. The number of hydrogen-bond donors (Lipinski definition) is 2. The SMILES string of the molecule is N=CC=C(N)C(=Cc1ccc(Cl)cc1)c1ccc(OCc2ccc3ccccc3n2)cc1. The van der Waals surface area contributed by atoms with E-state index in [0.29, 0.717) is 17.3 Å². The minimum absolute atomic E-state index is 0.382. The maximum Gasteiger partial charge on any atom is 0.130 e. The molecule has 0 aliphatic rings. The molecule has 32 heavy (non-hydrogen) atoms. The van der Waals surface area contributed by atoms with Crippen molar-refractivity contribution in [3.8, 4) is 5.75 Å². The van der Waals surface area contributed by atoms with Gasteiger partial charge in [0.1, 0.15) is 12.4 Å². The Morgan fingerprint density at radius 1 is 0.938 bits per heavy atom. The van der Waals surface area contributed by atoms with Crippen molar-refractivity contribution in [1.29, 1.82) is 5.41 Å². The van der Waals surface area contributed by atoms with E-state index in [-0.39, 0.29) is 0 Å². The lowest BCUT2D eigenvalue weighted by Crippen LogP contribution is -2.02. The maximum atomic E-state index is 7.37. The molecule has 0 fully saturated rings. The molecule has 1 heterocycles. The summed E-state index contributed by atoms with van der Waals surface area (Å²) in [4.78, 5) is 4.64. The second kappa shape index (κ2) is 9.94. The van der Waals surface area contributed by atoms with Crippen LogP contribution in [0.4, 0.5) is 0 Å². The summed E-state index contributed by atoms with van der Waals surface area (Å²) in [7, 11) is 0. The summed E-state index contributed by atoms with van der Waals surface area (Å²) in [6, 6.07) is 27.3. The largest absolute Gasteiger partial charge is 0.487 e. The number of nitrogens with one attached hydrogen (secondary N) is 1. The quantitative estimate of drug-likeness (QED) is 0.196. The summed E-state index contributed by atoms with van der Waals surface area (Å²) in [6.45, 7) is 0.382. The third-order valence-corrected chi connectivity index (χ3v) is 5.22. The lowest BCUT2D eigenvalue weighted by atomic mass is 9.99. The van der Waals surface area contributed by atoms with Gasteiger partial charge >= 0.3 is 0 Å². The van der Waals surface area contributed by atoms with E-state index in [4.69, 9.17) is 27.5 Å². The van der Waals surface area contributed by atoms with E-state index in [1.54, 1.807) is 6.08 Å². The Labute approximate surface area is 192 Å². The Kier molecular flexibility index (Phi) is 6.63. The van der Waals surface area contributed by atoms with Gasteiger partial charge in [-0.05, 0) is 59.7 Å². The molecule has 3 N–H and O–H groups in total. The third kappa shape index (κ3) is 5.23. The first kappa shape index (κ1) is 21.3. The third-order valence-electron chi connectivity index (χ3n) is 4.96. The van der Waals surface area contributed by atoms with Crippen LogP contribution in [-0.2, 0) is 6.61 Å². The molecular formula is C27H22ClN3O. The van der Waals surface area contributed by atoms with E-state index in [0.717, 1.165) is 39.0 Å². The molecule has 0 saturated carbocycles. The highest BCUT2D eigenvalue weighted by molar-refractivity contribution is 6.30.